The van der Waals surface area contributed by atoms with Crippen LogP contribution in [0.5, 0.6) is 0 Å². The van der Waals surface area contributed by atoms with Crippen molar-refractivity contribution in [2.45, 2.75) is 45.0 Å². The maximum Gasteiger partial charge on any atom is 0.335 e. The van der Waals surface area contributed by atoms with Crippen LogP contribution in [0.4, 0.5) is 22.0 Å². The molecule has 1 radical (unpaired) electrons. The van der Waals surface area contributed by atoms with Gasteiger partial charge in [-0.05, 0) is 52.0 Å². The fourth-order valence-corrected chi connectivity index (χ4v) is 9.07. The Balaban J connectivity index is 1.41. The predicted molar refractivity (Wildman–Crippen MR) is 198 cm³/mol. The zero-order valence-corrected chi connectivity index (χ0v) is 30.8. The van der Waals surface area contributed by atoms with Crippen molar-refractivity contribution in [2.24, 2.45) is 5.41 Å². The molecule has 0 saturated heterocycles. The smallest absolute Gasteiger partial charge is 0.335 e. The first-order valence-electron chi connectivity index (χ1n) is 15.7. The molecule has 49 heavy (non-hydrogen) atoms. The fourth-order valence-electron chi connectivity index (χ4n) is 5.65. The molecule has 1 unspecified atom stereocenters. The maximum atomic E-state index is 14.4. The number of carbonyl (C=O) groups excluding carboxylic acids is 1. The van der Waals surface area contributed by atoms with Crippen molar-refractivity contribution in [1.82, 2.24) is 9.97 Å². The highest BCUT2D eigenvalue weighted by Gasteiger charge is 2.37. The van der Waals surface area contributed by atoms with E-state index >= 15 is 0 Å². The first-order chi connectivity index (χ1) is 23.3. The SMILES string of the molecule is CC(C)(C)C(Cc1cccc(N2C(=O)N(c3c(Cl)cccc3Cl)Cc3cnc(S(C)(=O)=O)nc32)c1)O[Si](c1ccccc1)c1ccccc1. The lowest BCUT2D eigenvalue weighted by molar-refractivity contribution is 0.0897. The van der Waals surface area contributed by atoms with E-state index in [4.69, 9.17) is 27.6 Å². The van der Waals surface area contributed by atoms with E-state index in [-0.39, 0.29) is 29.0 Å². The van der Waals surface area contributed by atoms with E-state index in [2.05, 4.69) is 55.0 Å². The van der Waals surface area contributed by atoms with Gasteiger partial charge in [0.25, 0.3) is 9.04 Å². The van der Waals surface area contributed by atoms with Crippen LogP contribution in [0.1, 0.15) is 31.9 Å². The van der Waals surface area contributed by atoms with Gasteiger partial charge in [0.05, 0.1) is 34.1 Å². The number of amides is 2. The molecule has 0 N–H and O–H groups in total. The van der Waals surface area contributed by atoms with Crippen LogP contribution in [0.15, 0.2) is 114 Å². The highest BCUT2D eigenvalue weighted by Crippen LogP contribution is 2.41. The van der Waals surface area contributed by atoms with E-state index in [1.54, 1.807) is 24.3 Å². The molecule has 0 spiro atoms. The van der Waals surface area contributed by atoms with Gasteiger partial charge >= 0.3 is 6.03 Å². The number of para-hydroxylation sites is 1. The number of benzene rings is 4. The van der Waals surface area contributed by atoms with Crippen molar-refractivity contribution in [3.05, 3.63) is 130 Å². The lowest BCUT2D eigenvalue weighted by Gasteiger charge is -2.37. The molecule has 1 aliphatic heterocycles. The molecule has 12 heteroatoms. The van der Waals surface area contributed by atoms with Crippen molar-refractivity contribution in [3.63, 3.8) is 0 Å². The zero-order chi connectivity index (χ0) is 34.9. The second kappa shape index (κ2) is 14.0. The molecule has 0 saturated carbocycles. The van der Waals surface area contributed by atoms with E-state index in [9.17, 15) is 13.2 Å². The monoisotopic (exact) mass is 729 g/mol. The van der Waals surface area contributed by atoms with Crippen LogP contribution in [-0.4, -0.2) is 45.8 Å². The molecule has 8 nitrogen and oxygen atoms in total. The van der Waals surface area contributed by atoms with Gasteiger partial charge in [-0.1, -0.05) is 123 Å². The van der Waals surface area contributed by atoms with E-state index < -0.39 is 24.9 Å². The first kappa shape index (κ1) is 34.8. The van der Waals surface area contributed by atoms with Gasteiger partial charge in [-0.25, -0.2) is 23.1 Å². The summed E-state index contributed by atoms with van der Waals surface area (Å²) in [6, 6.07) is 32.7. The van der Waals surface area contributed by atoms with Gasteiger partial charge in [0.2, 0.25) is 15.0 Å². The van der Waals surface area contributed by atoms with Gasteiger partial charge in [0.1, 0.15) is 0 Å². The van der Waals surface area contributed by atoms with Gasteiger partial charge in [-0.2, -0.15) is 4.98 Å². The maximum absolute atomic E-state index is 14.4. The van der Waals surface area contributed by atoms with E-state index in [1.165, 1.54) is 16.0 Å². The minimum Gasteiger partial charge on any atom is -0.403 e. The summed E-state index contributed by atoms with van der Waals surface area (Å²) < 4.78 is 32.1. The summed E-state index contributed by atoms with van der Waals surface area (Å²) in [5, 5.41) is 2.52. The normalized spacial score (nSPS) is 14.2. The Hall–Kier alpha value is -4.06. The van der Waals surface area contributed by atoms with Crippen molar-refractivity contribution in [1.29, 1.82) is 0 Å². The molecule has 251 valence electrons. The molecule has 1 atom stereocenters. The molecule has 1 aromatic heterocycles. The number of urea groups is 1. The number of halogens is 2. The van der Waals surface area contributed by atoms with Gasteiger partial charge in [0, 0.05) is 18.0 Å². The number of carbonyl (C=O) groups is 1. The zero-order valence-electron chi connectivity index (χ0n) is 27.5. The Morgan fingerprint density at radius 1 is 0.878 bits per heavy atom. The van der Waals surface area contributed by atoms with E-state index in [0.29, 0.717) is 33.4 Å². The molecular weight excluding hydrogens is 695 g/mol. The largest absolute Gasteiger partial charge is 0.403 e. The van der Waals surface area contributed by atoms with Crippen LogP contribution < -0.4 is 20.2 Å². The summed E-state index contributed by atoms with van der Waals surface area (Å²) >= 11 is 13.1. The molecule has 4 aromatic carbocycles. The van der Waals surface area contributed by atoms with Crippen molar-refractivity contribution >= 4 is 75.7 Å². The van der Waals surface area contributed by atoms with Crippen molar-refractivity contribution in [2.75, 3.05) is 16.1 Å². The number of anilines is 3. The van der Waals surface area contributed by atoms with E-state index in [0.717, 1.165) is 22.2 Å². The Morgan fingerprint density at radius 3 is 2.04 bits per heavy atom. The van der Waals surface area contributed by atoms with Crippen LogP contribution in [0.25, 0.3) is 0 Å². The number of hydrogen-bond acceptors (Lipinski definition) is 6. The number of rotatable bonds is 9. The minimum absolute atomic E-state index is 0.0432. The summed E-state index contributed by atoms with van der Waals surface area (Å²) in [5.74, 6) is 0.180. The average Bonchev–Trinajstić information content (AvgIpc) is 3.06. The number of fused-ring (bicyclic) bond motifs is 1. The Labute approximate surface area is 299 Å². The molecule has 2 amide bonds. The molecule has 0 bridgehead atoms. The molecule has 2 heterocycles. The first-order valence-corrected chi connectivity index (χ1v) is 19.7. The van der Waals surface area contributed by atoms with Gasteiger partial charge in [-0.3, -0.25) is 4.90 Å². The molecule has 6 rings (SSSR count). The number of aromatic nitrogens is 2. The average molecular weight is 731 g/mol. The summed E-state index contributed by atoms with van der Waals surface area (Å²) in [4.78, 5) is 25.8. The standard InChI is InChI=1S/C37H35Cl2N4O4SSi/c1-37(2,3)32(47-49(28-15-7-5-8-16-28)29-17-9-6-10-18-29)22-25-13-11-14-27(21-25)43-34-26(23-40-35(41-34)48(4,45)46)24-42(36(43)44)33-30(38)19-12-20-31(33)39/h5-21,23,32H,22,24H2,1-4H3. The lowest BCUT2D eigenvalue weighted by atomic mass is 9.85. The van der Waals surface area contributed by atoms with Crippen LogP contribution in [0.3, 0.4) is 0 Å². The predicted octanol–water partition coefficient (Wildman–Crippen LogP) is 7.24. The van der Waals surface area contributed by atoms with Gasteiger partial charge < -0.3 is 4.43 Å². The van der Waals surface area contributed by atoms with Crippen LogP contribution in [-0.2, 0) is 27.2 Å². The molecule has 0 fully saturated rings. The molecule has 0 aliphatic carbocycles. The van der Waals surface area contributed by atoms with Crippen LogP contribution >= 0.6 is 23.2 Å². The molecule has 5 aromatic rings. The second-order valence-corrected chi connectivity index (χ2v) is 17.7. The van der Waals surface area contributed by atoms with Crippen molar-refractivity contribution < 1.29 is 17.6 Å². The molecular formula is C37H35Cl2N4O4SSi. The number of nitrogens with zero attached hydrogens (tertiary/aromatic N) is 4. The third kappa shape index (κ3) is 7.58. The van der Waals surface area contributed by atoms with Crippen LogP contribution in [0, 0.1) is 5.41 Å². The summed E-state index contributed by atoms with van der Waals surface area (Å²) in [5.41, 5.74) is 2.06. The summed E-state index contributed by atoms with van der Waals surface area (Å²) in [6.07, 6.45) is 2.82. The van der Waals surface area contributed by atoms with Crippen LogP contribution in [0.2, 0.25) is 10.0 Å². The molecule has 1 aliphatic rings. The Morgan fingerprint density at radius 2 is 1.47 bits per heavy atom. The lowest BCUT2D eigenvalue weighted by Crippen LogP contribution is -2.50. The highest BCUT2D eigenvalue weighted by atomic mass is 35.5. The quantitative estimate of drug-likeness (QED) is 0.117. The Kier molecular flexibility index (Phi) is 9.97. The number of sulfone groups is 1. The summed E-state index contributed by atoms with van der Waals surface area (Å²) in [6.45, 7) is 6.53. The topological polar surface area (TPSA) is 92.7 Å². The third-order valence-corrected chi connectivity index (χ3v) is 11.9. The Bertz CT molecular complexity index is 2040. The van der Waals surface area contributed by atoms with Gasteiger partial charge in [0.15, 0.2) is 5.82 Å². The third-order valence-electron chi connectivity index (χ3n) is 8.21. The summed E-state index contributed by atoms with van der Waals surface area (Å²) in [7, 11) is -5.38. The number of hydrogen-bond donors (Lipinski definition) is 0. The van der Waals surface area contributed by atoms with Gasteiger partial charge in [-0.15, -0.1) is 0 Å². The minimum atomic E-state index is -3.77. The highest BCUT2D eigenvalue weighted by molar-refractivity contribution is 7.90. The fraction of sp³-hybridized carbons (Fsp3) is 0.216. The van der Waals surface area contributed by atoms with Crippen molar-refractivity contribution in [3.8, 4) is 0 Å². The second-order valence-electron chi connectivity index (χ2n) is 13.0. The van der Waals surface area contributed by atoms with E-state index in [1.807, 2.05) is 54.6 Å².